The molecule has 3 heteroatoms. The summed E-state index contributed by atoms with van der Waals surface area (Å²) in [7, 11) is 0. The average molecular weight is 250 g/mol. The first-order chi connectivity index (χ1) is 8.16. The van der Waals surface area contributed by atoms with Crippen molar-refractivity contribution in [3.05, 3.63) is 53.3 Å². The number of hydrogen-bond acceptors (Lipinski definition) is 1. The highest BCUT2D eigenvalue weighted by Crippen LogP contribution is 2.28. The first kappa shape index (κ1) is 12.1. The highest BCUT2D eigenvalue weighted by molar-refractivity contribution is 6.30. The zero-order valence-corrected chi connectivity index (χ0v) is 10.7. The number of nitrogens with one attached hydrogen (secondary N) is 1. The molecule has 0 aliphatic rings. The number of hydrogen-bond donors (Lipinski definition) is 1. The molecular formula is C14H16ClNO. The molecule has 0 aliphatic heterocycles. The van der Waals surface area contributed by atoms with Crippen molar-refractivity contribution in [2.45, 2.75) is 20.0 Å². The van der Waals surface area contributed by atoms with E-state index in [0.29, 0.717) is 5.92 Å². The second kappa shape index (κ2) is 5.28. The zero-order chi connectivity index (χ0) is 12.3. The molecule has 0 radical (unpaired) electrons. The van der Waals surface area contributed by atoms with Crippen molar-refractivity contribution in [3.8, 4) is 5.75 Å². The summed E-state index contributed by atoms with van der Waals surface area (Å²) >= 11 is 5.85. The van der Waals surface area contributed by atoms with Crippen molar-refractivity contribution in [1.82, 2.24) is 4.98 Å². The van der Waals surface area contributed by atoms with Crippen LogP contribution in [0, 0.1) is 5.92 Å². The van der Waals surface area contributed by atoms with Gasteiger partial charge in [0.25, 0.3) is 0 Å². The summed E-state index contributed by atoms with van der Waals surface area (Å²) in [6.45, 7) is 4.29. The van der Waals surface area contributed by atoms with Gasteiger partial charge in [0.2, 0.25) is 0 Å². The standard InChI is InChI=1S/C14H16ClNO/c1-10(2)14(11-7-8-16-9-11)17-13-5-3-12(15)4-6-13/h3-10,14,16H,1-2H3/t14-/m0/s1. The number of benzene rings is 1. The molecule has 17 heavy (non-hydrogen) atoms. The Balaban J connectivity index is 2.16. The van der Waals surface area contributed by atoms with Crippen molar-refractivity contribution < 1.29 is 4.74 Å². The monoisotopic (exact) mass is 249 g/mol. The van der Waals surface area contributed by atoms with Gasteiger partial charge in [-0.2, -0.15) is 0 Å². The third kappa shape index (κ3) is 3.04. The summed E-state index contributed by atoms with van der Waals surface area (Å²) in [6, 6.07) is 9.51. The Bertz CT molecular complexity index is 448. The molecule has 90 valence electrons. The minimum atomic E-state index is 0.0578. The lowest BCUT2D eigenvalue weighted by Gasteiger charge is -2.21. The van der Waals surface area contributed by atoms with Crippen molar-refractivity contribution >= 4 is 11.6 Å². The van der Waals surface area contributed by atoms with E-state index < -0.39 is 0 Å². The third-order valence-corrected chi connectivity index (χ3v) is 2.88. The van der Waals surface area contributed by atoms with E-state index in [1.54, 1.807) is 0 Å². The van der Waals surface area contributed by atoms with Crippen molar-refractivity contribution in [2.75, 3.05) is 0 Å². The van der Waals surface area contributed by atoms with Gasteiger partial charge in [-0.1, -0.05) is 25.4 Å². The number of H-pyrrole nitrogens is 1. The predicted molar refractivity (Wildman–Crippen MR) is 70.5 cm³/mol. The second-order valence-electron chi connectivity index (χ2n) is 4.38. The highest BCUT2D eigenvalue weighted by Gasteiger charge is 2.17. The van der Waals surface area contributed by atoms with Crippen molar-refractivity contribution in [1.29, 1.82) is 0 Å². The van der Waals surface area contributed by atoms with Crippen LogP contribution in [0.1, 0.15) is 25.5 Å². The highest BCUT2D eigenvalue weighted by atomic mass is 35.5. The lowest BCUT2D eigenvalue weighted by molar-refractivity contribution is 0.154. The maximum atomic E-state index is 6.00. The summed E-state index contributed by atoms with van der Waals surface area (Å²) in [4.78, 5) is 3.06. The molecule has 0 amide bonds. The maximum absolute atomic E-state index is 6.00. The normalized spacial score (nSPS) is 12.7. The topological polar surface area (TPSA) is 25.0 Å². The molecule has 0 unspecified atom stereocenters. The number of aromatic nitrogens is 1. The molecule has 2 nitrogen and oxygen atoms in total. The Morgan fingerprint density at radius 1 is 1.12 bits per heavy atom. The molecule has 0 saturated heterocycles. The number of halogens is 1. The minimum absolute atomic E-state index is 0.0578. The average Bonchev–Trinajstić information content (AvgIpc) is 2.81. The molecular weight excluding hydrogens is 234 g/mol. The minimum Gasteiger partial charge on any atom is -0.485 e. The first-order valence-electron chi connectivity index (χ1n) is 5.71. The van der Waals surface area contributed by atoms with Crippen LogP contribution < -0.4 is 4.74 Å². The first-order valence-corrected chi connectivity index (χ1v) is 6.09. The summed E-state index contributed by atoms with van der Waals surface area (Å²) in [5, 5.41) is 0.722. The number of ether oxygens (including phenoxy) is 1. The van der Waals surface area contributed by atoms with E-state index in [9.17, 15) is 0 Å². The van der Waals surface area contributed by atoms with Gasteiger partial charge in [-0.15, -0.1) is 0 Å². The predicted octanol–water partition coefficient (Wildman–Crippen LogP) is 4.44. The van der Waals surface area contributed by atoms with Crippen LogP contribution in [0.2, 0.25) is 5.02 Å². The van der Waals surface area contributed by atoms with Gasteiger partial charge in [-0.3, -0.25) is 0 Å². The van der Waals surface area contributed by atoms with Gasteiger partial charge in [0.1, 0.15) is 11.9 Å². The third-order valence-electron chi connectivity index (χ3n) is 2.63. The van der Waals surface area contributed by atoms with Gasteiger partial charge in [0.05, 0.1) is 0 Å². The molecule has 0 spiro atoms. The van der Waals surface area contributed by atoms with E-state index in [-0.39, 0.29) is 6.10 Å². The van der Waals surface area contributed by atoms with Gasteiger partial charge in [0.15, 0.2) is 0 Å². The van der Waals surface area contributed by atoms with Crippen LogP contribution >= 0.6 is 11.6 Å². The van der Waals surface area contributed by atoms with Crippen molar-refractivity contribution in [2.24, 2.45) is 5.92 Å². The lowest BCUT2D eigenvalue weighted by atomic mass is 10.0. The SMILES string of the molecule is CC(C)[C@H](Oc1ccc(Cl)cc1)c1cc[nH]c1. The van der Waals surface area contributed by atoms with Crippen LogP contribution in [-0.4, -0.2) is 4.98 Å². The van der Waals surface area contributed by atoms with Crippen LogP contribution in [0.5, 0.6) is 5.75 Å². The van der Waals surface area contributed by atoms with Gasteiger partial charge in [-0.05, 0) is 36.2 Å². The van der Waals surface area contributed by atoms with E-state index in [2.05, 4.69) is 18.8 Å². The molecule has 0 fully saturated rings. The Morgan fingerprint density at radius 2 is 1.82 bits per heavy atom. The summed E-state index contributed by atoms with van der Waals surface area (Å²) in [5.74, 6) is 1.25. The van der Waals surface area contributed by atoms with Gasteiger partial charge in [-0.25, -0.2) is 0 Å². The lowest BCUT2D eigenvalue weighted by Crippen LogP contribution is -2.13. The molecule has 2 aromatic rings. The Labute approximate surface area is 107 Å². The molecule has 1 N–H and O–H groups in total. The van der Waals surface area contributed by atoms with Crippen LogP contribution in [0.15, 0.2) is 42.7 Å². The molecule has 1 aromatic heterocycles. The number of aromatic amines is 1. The fourth-order valence-corrected chi connectivity index (χ4v) is 1.89. The smallest absolute Gasteiger partial charge is 0.127 e. The maximum Gasteiger partial charge on any atom is 0.127 e. The summed E-state index contributed by atoms with van der Waals surface area (Å²) in [6.07, 6.45) is 3.94. The van der Waals surface area contributed by atoms with Gasteiger partial charge in [0, 0.05) is 23.0 Å². The number of rotatable bonds is 4. The Kier molecular flexibility index (Phi) is 3.75. The molecule has 1 atom stereocenters. The summed E-state index contributed by atoms with van der Waals surface area (Å²) < 4.78 is 6.00. The fraction of sp³-hybridized carbons (Fsp3) is 0.286. The van der Waals surface area contributed by atoms with Crippen LogP contribution in [0.25, 0.3) is 0 Å². The molecule has 2 rings (SSSR count). The van der Waals surface area contributed by atoms with Gasteiger partial charge >= 0.3 is 0 Å². The Morgan fingerprint density at radius 3 is 2.35 bits per heavy atom. The second-order valence-corrected chi connectivity index (χ2v) is 4.82. The van der Waals surface area contributed by atoms with E-state index >= 15 is 0 Å². The quantitative estimate of drug-likeness (QED) is 0.851. The summed E-state index contributed by atoms with van der Waals surface area (Å²) in [5.41, 5.74) is 1.16. The van der Waals surface area contributed by atoms with Crippen LogP contribution in [-0.2, 0) is 0 Å². The van der Waals surface area contributed by atoms with Gasteiger partial charge < -0.3 is 9.72 Å². The molecule has 1 aromatic carbocycles. The van der Waals surface area contributed by atoms with E-state index in [0.717, 1.165) is 16.3 Å². The zero-order valence-electron chi connectivity index (χ0n) is 9.98. The van der Waals surface area contributed by atoms with Crippen LogP contribution in [0.4, 0.5) is 0 Å². The van der Waals surface area contributed by atoms with Crippen molar-refractivity contribution in [3.63, 3.8) is 0 Å². The van der Waals surface area contributed by atoms with E-state index in [1.165, 1.54) is 0 Å². The molecule has 0 aliphatic carbocycles. The van der Waals surface area contributed by atoms with E-state index in [1.807, 2.05) is 42.7 Å². The van der Waals surface area contributed by atoms with E-state index in [4.69, 9.17) is 16.3 Å². The Hall–Kier alpha value is -1.41. The largest absolute Gasteiger partial charge is 0.485 e. The molecule has 0 bridgehead atoms. The van der Waals surface area contributed by atoms with Crippen LogP contribution in [0.3, 0.4) is 0 Å². The molecule has 1 heterocycles. The fourth-order valence-electron chi connectivity index (χ4n) is 1.76. The molecule has 0 saturated carbocycles.